The highest BCUT2D eigenvalue weighted by molar-refractivity contribution is 5.93. The molecule has 1 N–H and O–H groups in total. The largest absolute Gasteiger partial charge is 0.342 e. The summed E-state index contributed by atoms with van der Waals surface area (Å²) in [5.41, 5.74) is -0.628. The van der Waals surface area contributed by atoms with E-state index in [0.717, 1.165) is 19.4 Å². The molecule has 2 saturated carbocycles. The summed E-state index contributed by atoms with van der Waals surface area (Å²) in [7, 11) is 0. The standard InChI is InChI=1S/C14H22N2O2/c1-14(11-5-6-11)13(18)16(8-7-12(17)15-14)9-10-3-2-4-10/h10-11H,2-9H2,1H3,(H,15,17). The fourth-order valence-corrected chi connectivity index (χ4v) is 3.17. The second-order valence-corrected chi connectivity index (χ2v) is 6.32. The molecule has 0 radical (unpaired) electrons. The Bertz CT molecular complexity index is 374. The van der Waals surface area contributed by atoms with E-state index in [9.17, 15) is 9.59 Å². The third-order valence-corrected chi connectivity index (χ3v) is 4.84. The summed E-state index contributed by atoms with van der Waals surface area (Å²) in [6.45, 7) is 3.38. The monoisotopic (exact) mass is 250 g/mol. The first-order valence-electron chi connectivity index (χ1n) is 7.20. The van der Waals surface area contributed by atoms with Crippen molar-refractivity contribution in [1.82, 2.24) is 10.2 Å². The third kappa shape index (κ3) is 2.02. The van der Waals surface area contributed by atoms with E-state index in [4.69, 9.17) is 0 Å². The molecule has 3 fully saturated rings. The van der Waals surface area contributed by atoms with Crippen molar-refractivity contribution in [2.24, 2.45) is 11.8 Å². The zero-order valence-corrected chi connectivity index (χ0v) is 11.1. The molecule has 0 aromatic rings. The van der Waals surface area contributed by atoms with Crippen LogP contribution in [-0.4, -0.2) is 35.3 Å². The van der Waals surface area contributed by atoms with Crippen LogP contribution in [0.2, 0.25) is 0 Å². The zero-order valence-electron chi connectivity index (χ0n) is 11.1. The predicted molar refractivity (Wildman–Crippen MR) is 67.8 cm³/mol. The van der Waals surface area contributed by atoms with Gasteiger partial charge in [0.1, 0.15) is 5.54 Å². The van der Waals surface area contributed by atoms with Gasteiger partial charge in [0, 0.05) is 19.5 Å². The Balaban J connectivity index is 1.76. The smallest absolute Gasteiger partial charge is 0.248 e. The van der Waals surface area contributed by atoms with Gasteiger partial charge in [-0.25, -0.2) is 0 Å². The van der Waals surface area contributed by atoms with Crippen LogP contribution in [0.15, 0.2) is 0 Å². The Kier molecular flexibility index (Phi) is 2.83. The van der Waals surface area contributed by atoms with Crippen LogP contribution in [-0.2, 0) is 9.59 Å². The summed E-state index contributed by atoms with van der Waals surface area (Å²) in [5, 5.41) is 2.98. The molecule has 1 atom stereocenters. The Morgan fingerprint density at radius 2 is 2.00 bits per heavy atom. The number of nitrogens with zero attached hydrogens (tertiary/aromatic N) is 1. The first-order chi connectivity index (χ1) is 8.59. The molecule has 1 unspecified atom stereocenters. The molecule has 0 spiro atoms. The molecule has 1 heterocycles. The third-order valence-electron chi connectivity index (χ3n) is 4.84. The van der Waals surface area contributed by atoms with Gasteiger partial charge in [0.05, 0.1) is 0 Å². The Morgan fingerprint density at radius 1 is 1.28 bits per heavy atom. The van der Waals surface area contributed by atoms with Crippen molar-refractivity contribution in [1.29, 1.82) is 0 Å². The lowest BCUT2D eigenvalue weighted by atomic mass is 9.84. The van der Waals surface area contributed by atoms with E-state index in [-0.39, 0.29) is 11.8 Å². The molecule has 2 amide bonds. The number of hydrogen-bond donors (Lipinski definition) is 1. The quantitative estimate of drug-likeness (QED) is 0.821. The fourth-order valence-electron chi connectivity index (χ4n) is 3.17. The molecular weight excluding hydrogens is 228 g/mol. The number of carbonyl (C=O) groups is 2. The molecule has 4 heteroatoms. The van der Waals surface area contributed by atoms with Gasteiger partial charge in [-0.3, -0.25) is 9.59 Å². The Labute approximate surface area is 108 Å². The van der Waals surface area contributed by atoms with E-state index in [1.54, 1.807) is 0 Å². The zero-order chi connectivity index (χ0) is 12.8. The van der Waals surface area contributed by atoms with Gasteiger partial charge < -0.3 is 10.2 Å². The number of amides is 2. The second-order valence-electron chi connectivity index (χ2n) is 6.32. The summed E-state index contributed by atoms with van der Waals surface area (Å²) < 4.78 is 0. The number of rotatable bonds is 3. The maximum absolute atomic E-state index is 12.7. The van der Waals surface area contributed by atoms with E-state index in [1.165, 1.54) is 19.3 Å². The summed E-state index contributed by atoms with van der Waals surface area (Å²) in [5.74, 6) is 1.22. The van der Waals surface area contributed by atoms with Crippen molar-refractivity contribution in [2.45, 2.75) is 51.0 Å². The molecule has 18 heavy (non-hydrogen) atoms. The van der Waals surface area contributed by atoms with E-state index < -0.39 is 5.54 Å². The maximum atomic E-state index is 12.7. The molecule has 3 rings (SSSR count). The van der Waals surface area contributed by atoms with E-state index in [0.29, 0.717) is 24.8 Å². The van der Waals surface area contributed by atoms with Crippen LogP contribution in [0, 0.1) is 11.8 Å². The predicted octanol–water partition coefficient (Wildman–Crippen LogP) is 1.30. The average Bonchev–Trinajstić information content (AvgIpc) is 3.08. The van der Waals surface area contributed by atoms with E-state index in [1.807, 2.05) is 11.8 Å². The van der Waals surface area contributed by atoms with Crippen molar-refractivity contribution in [3.05, 3.63) is 0 Å². The van der Waals surface area contributed by atoms with Crippen molar-refractivity contribution >= 4 is 11.8 Å². The molecule has 100 valence electrons. The molecule has 0 bridgehead atoms. The summed E-state index contributed by atoms with van der Waals surface area (Å²) in [6, 6.07) is 0. The molecule has 0 aromatic carbocycles. The molecule has 0 aromatic heterocycles. The minimum absolute atomic E-state index is 0.0360. The minimum atomic E-state index is -0.628. The van der Waals surface area contributed by atoms with Crippen molar-refractivity contribution in [3.63, 3.8) is 0 Å². The first kappa shape index (κ1) is 12.0. The van der Waals surface area contributed by atoms with Gasteiger partial charge in [-0.1, -0.05) is 6.42 Å². The van der Waals surface area contributed by atoms with Crippen molar-refractivity contribution in [3.8, 4) is 0 Å². The van der Waals surface area contributed by atoms with Gasteiger partial charge in [-0.05, 0) is 44.4 Å². The van der Waals surface area contributed by atoms with Gasteiger partial charge in [0.2, 0.25) is 11.8 Å². The molecule has 1 aliphatic heterocycles. The molecule has 2 aliphatic carbocycles. The average molecular weight is 250 g/mol. The topological polar surface area (TPSA) is 49.4 Å². The van der Waals surface area contributed by atoms with Crippen LogP contribution in [0.25, 0.3) is 0 Å². The van der Waals surface area contributed by atoms with Crippen LogP contribution in [0.1, 0.15) is 45.4 Å². The first-order valence-corrected chi connectivity index (χ1v) is 7.20. The minimum Gasteiger partial charge on any atom is -0.342 e. The molecule has 3 aliphatic rings. The van der Waals surface area contributed by atoms with Crippen LogP contribution < -0.4 is 5.32 Å². The lowest BCUT2D eigenvalue weighted by Gasteiger charge is -2.36. The lowest BCUT2D eigenvalue weighted by Crippen LogP contribution is -2.57. The van der Waals surface area contributed by atoms with Crippen LogP contribution in [0.5, 0.6) is 0 Å². The van der Waals surface area contributed by atoms with Gasteiger partial charge in [-0.15, -0.1) is 0 Å². The number of hydrogen-bond acceptors (Lipinski definition) is 2. The van der Waals surface area contributed by atoms with Gasteiger partial charge in [0.25, 0.3) is 0 Å². The highest BCUT2D eigenvalue weighted by atomic mass is 16.2. The molecule has 1 saturated heterocycles. The highest BCUT2D eigenvalue weighted by Crippen LogP contribution is 2.41. The van der Waals surface area contributed by atoms with Crippen LogP contribution >= 0.6 is 0 Å². The summed E-state index contributed by atoms with van der Waals surface area (Å²) in [6.07, 6.45) is 6.38. The summed E-state index contributed by atoms with van der Waals surface area (Å²) >= 11 is 0. The number of nitrogens with one attached hydrogen (secondary N) is 1. The Hall–Kier alpha value is -1.06. The van der Waals surface area contributed by atoms with Crippen molar-refractivity contribution < 1.29 is 9.59 Å². The van der Waals surface area contributed by atoms with Crippen molar-refractivity contribution in [2.75, 3.05) is 13.1 Å². The second kappa shape index (κ2) is 4.25. The maximum Gasteiger partial charge on any atom is 0.248 e. The Morgan fingerprint density at radius 3 is 2.56 bits per heavy atom. The highest BCUT2D eigenvalue weighted by Gasteiger charge is 2.51. The van der Waals surface area contributed by atoms with Crippen LogP contribution in [0.4, 0.5) is 0 Å². The lowest BCUT2D eigenvalue weighted by molar-refractivity contribution is -0.140. The molecular formula is C14H22N2O2. The van der Waals surface area contributed by atoms with Gasteiger partial charge in [0.15, 0.2) is 0 Å². The van der Waals surface area contributed by atoms with E-state index >= 15 is 0 Å². The summed E-state index contributed by atoms with van der Waals surface area (Å²) in [4.78, 5) is 26.4. The van der Waals surface area contributed by atoms with Gasteiger partial charge >= 0.3 is 0 Å². The van der Waals surface area contributed by atoms with Gasteiger partial charge in [-0.2, -0.15) is 0 Å². The SMILES string of the molecule is CC1(C2CC2)NC(=O)CCN(CC2CCC2)C1=O. The molecule has 4 nitrogen and oxygen atoms in total. The number of carbonyl (C=O) groups excluding carboxylic acids is 2. The normalized spacial score (nSPS) is 33.9. The van der Waals surface area contributed by atoms with E-state index in [2.05, 4.69) is 5.32 Å². The van der Waals surface area contributed by atoms with Crippen LogP contribution in [0.3, 0.4) is 0 Å². The fraction of sp³-hybridized carbons (Fsp3) is 0.857.